The third kappa shape index (κ3) is 4.45. The highest BCUT2D eigenvalue weighted by atomic mass is 35.5. The summed E-state index contributed by atoms with van der Waals surface area (Å²) in [5.74, 6) is 2.79. The van der Waals surface area contributed by atoms with Crippen molar-refractivity contribution in [2.45, 2.75) is 58.9 Å². The predicted octanol–water partition coefficient (Wildman–Crippen LogP) is 4.15. The van der Waals surface area contributed by atoms with Gasteiger partial charge in [-0.25, -0.2) is 9.97 Å². The first-order valence-corrected chi connectivity index (χ1v) is 7.05. The lowest BCUT2D eigenvalue weighted by atomic mass is 10.1. The highest BCUT2D eigenvalue weighted by molar-refractivity contribution is 6.17. The first-order valence-electron chi connectivity index (χ1n) is 6.52. The number of aromatic nitrogens is 2. The van der Waals surface area contributed by atoms with E-state index >= 15 is 0 Å². The van der Waals surface area contributed by atoms with Gasteiger partial charge >= 0.3 is 0 Å². The maximum atomic E-state index is 5.93. The minimum absolute atomic E-state index is 0.153. The fourth-order valence-corrected chi connectivity index (χ4v) is 2.01. The van der Waals surface area contributed by atoms with Crippen LogP contribution in [0, 0.1) is 5.92 Å². The van der Waals surface area contributed by atoms with Gasteiger partial charge in [0.1, 0.15) is 11.5 Å². The van der Waals surface area contributed by atoms with E-state index in [1.807, 2.05) is 0 Å². The molecule has 1 atom stereocenters. The summed E-state index contributed by atoms with van der Waals surface area (Å²) in [5, 5.41) is 0. The maximum absolute atomic E-state index is 5.93. The Labute approximate surface area is 115 Å². The summed E-state index contributed by atoms with van der Waals surface area (Å²) in [6.07, 6.45) is 2.91. The van der Waals surface area contributed by atoms with Crippen LogP contribution in [0.4, 0.5) is 0 Å². The number of halogens is 1. The monoisotopic (exact) mass is 270 g/mol. The van der Waals surface area contributed by atoms with Crippen LogP contribution in [0.3, 0.4) is 0 Å². The van der Waals surface area contributed by atoms with Gasteiger partial charge in [0.15, 0.2) is 5.75 Å². The zero-order valence-corrected chi connectivity index (χ0v) is 12.7. The minimum atomic E-state index is 0.153. The Bertz CT molecular complexity index is 380. The molecule has 0 radical (unpaired) electrons. The second-order valence-corrected chi connectivity index (χ2v) is 5.65. The van der Waals surface area contributed by atoms with Crippen LogP contribution < -0.4 is 4.74 Å². The van der Waals surface area contributed by atoms with Crippen LogP contribution in [0.1, 0.15) is 58.5 Å². The van der Waals surface area contributed by atoms with Crippen LogP contribution in [0.15, 0.2) is 6.20 Å². The zero-order chi connectivity index (χ0) is 13.7. The fourth-order valence-electron chi connectivity index (χ4n) is 1.82. The topological polar surface area (TPSA) is 35.0 Å². The van der Waals surface area contributed by atoms with Gasteiger partial charge in [-0.2, -0.15) is 0 Å². The normalized spacial score (nSPS) is 13.1. The molecule has 3 nitrogen and oxygen atoms in total. The molecule has 0 aromatic carbocycles. The van der Waals surface area contributed by atoms with Crippen molar-refractivity contribution in [3.05, 3.63) is 17.7 Å². The van der Waals surface area contributed by atoms with Crippen molar-refractivity contribution in [3.63, 3.8) is 0 Å². The third-order valence-electron chi connectivity index (χ3n) is 2.62. The molecule has 0 amide bonds. The van der Waals surface area contributed by atoms with Crippen molar-refractivity contribution in [2.75, 3.05) is 0 Å². The summed E-state index contributed by atoms with van der Waals surface area (Å²) in [6, 6.07) is 0. The van der Waals surface area contributed by atoms with Crippen molar-refractivity contribution in [2.24, 2.45) is 5.92 Å². The lowest BCUT2D eigenvalue weighted by molar-refractivity contribution is 0.190. The molecule has 0 saturated heterocycles. The van der Waals surface area contributed by atoms with Gasteiger partial charge in [-0.3, -0.25) is 0 Å². The number of hydrogen-bond donors (Lipinski definition) is 0. The molecule has 0 aliphatic rings. The molecule has 0 aliphatic carbocycles. The summed E-state index contributed by atoms with van der Waals surface area (Å²) in [6.45, 7) is 10.6. The molecule has 0 N–H and O–H groups in total. The number of alkyl halides is 1. The second-order valence-electron chi connectivity index (χ2n) is 5.39. The third-order valence-corrected chi connectivity index (χ3v) is 2.88. The molecule has 1 unspecified atom stereocenters. The molecule has 1 aromatic rings. The van der Waals surface area contributed by atoms with Crippen LogP contribution in [0.2, 0.25) is 0 Å². The van der Waals surface area contributed by atoms with Crippen LogP contribution in [0.5, 0.6) is 5.75 Å². The molecule has 0 fully saturated rings. The maximum Gasteiger partial charge on any atom is 0.160 e. The highest BCUT2D eigenvalue weighted by Gasteiger charge is 2.13. The van der Waals surface area contributed by atoms with Gasteiger partial charge in [-0.05, 0) is 19.3 Å². The first-order chi connectivity index (χ1) is 8.43. The molecule has 102 valence electrons. The summed E-state index contributed by atoms with van der Waals surface area (Å²) in [5.41, 5.74) is 0.783. The van der Waals surface area contributed by atoms with Gasteiger partial charge in [0.05, 0.1) is 18.2 Å². The van der Waals surface area contributed by atoms with E-state index in [1.165, 1.54) is 0 Å². The lowest BCUT2D eigenvalue weighted by Gasteiger charge is -2.18. The van der Waals surface area contributed by atoms with Crippen molar-refractivity contribution < 1.29 is 4.74 Å². The lowest BCUT2D eigenvalue weighted by Crippen LogP contribution is -2.16. The van der Waals surface area contributed by atoms with Gasteiger partial charge < -0.3 is 4.74 Å². The van der Waals surface area contributed by atoms with E-state index in [4.69, 9.17) is 16.3 Å². The van der Waals surface area contributed by atoms with Crippen LogP contribution in [-0.4, -0.2) is 16.1 Å². The Hall–Kier alpha value is -0.830. The van der Waals surface area contributed by atoms with E-state index in [0.717, 1.165) is 17.9 Å². The van der Waals surface area contributed by atoms with Gasteiger partial charge in [-0.1, -0.05) is 27.7 Å². The van der Waals surface area contributed by atoms with Crippen LogP contribution in [-0.2, 0) is 5.88 Å². The molecule has 1 heterocycles. The van der Waals surface area contributed by atoms with Crippen molar-refractivity contribution >= 4 is 11.6 Å². The van der Waals surface area contributed by atoms with E-state index in [1.54, 1.807) is 6.20 Å². The molecule has 4 heteroatoms. The molecule has 0 bridgehead atoms. The van der Waals surface area contributed by atoms with E-state index < -0.39 is 0 Å². The Morgan fingerprint density at radius 2 is 1.89 bits per heavy atom. The molecule has 1 aromatic heterocycles. The Morgan fingerprint density at radius 1 is 1.22 bits per heavy atom. The second kappa shape index (κ2) is 6.93. The fraction of sp³-hybridized carbons (Fsp3) is 0.714. The predicted molar refractivity (Wildman–Crippen MR) is 75.2 cm³/mol. The van der Waals surface area contributed by atoms with Gasteiger partial charge in [0, 0.05) is 5.92 Å². The van der Waals surface area contributed by atoms with Crippen LogP contribution in [0.25, 0.3) is 0 Å². The minimum Gasteiger partial charge on any atom is -0.487 e. The van der Waals surface area contributed by atoms with Gasteiger partial charge in [0.2, 0.25) is 0 Å². The summed E-state index contributed by atoms with van der Waals surface area (Å²) in [4.78, 5) is 8.78. The Morgan fingerprint density at radius 3 is 2.39 bits per heavy atom. The molecule has 0 aliphatic heterocycles. The number of nitrogens with zero attached hydrogens (tertiary/aromatic N) is 2. The highest BCUT2D eigenvalue weighted by Crippen LogP contribution is 2.22. The molecule has 18 heavy (non-hydrogen) atoms. The quantitative estimate of drug-likeness (QED) is 0.729. The summed E-state index contributed by atoms with van der Waals surface area (Å²) >= 11 is 5.93. The number of rotatable bonds is 6. The van der Waals surface area contributed by atoms with Crippen molar-refractivity contribution in [3.8, 4) is 5.75 Å². The number of ether oxygens (including phenoxy) is 1. The Balaban J connectivity index is 2.82. The summed E-state index contributed by atoms with van der Waals surface area (Å²) < 4.78 is 5.87. The molecule has 1 rings (SSSR count). The largest absolute Gasteiger partial charge is 0.487 e. The molecule has 0 saturated carbocycles. The van der Waals surface area contributed by atoms with Crippen LogP contribution >= 0.6 is 11.6 Å². The smallest absolute Gasteiger partial charge is 0.160 e. The molecular formula is C14H23ClN2O. The summed E-state index contributed by atoms with van der Waals surface area (Å²) in [7, 11) is 0. The Kier molecular flexibility index (Phi) is 5.86. The van der Waals surface area contributed by atoms with E-state index in [9.17, 15) is 0 Å². The standard InChI is InChI=1S/C14H23ClN2O/c1-9(2)6-11(5)18-13-8-16-14(10(3)4)17-12(13)7-15/h8-11H,6-7H2,1-5H3. The van der Waals surface area contributed by atoms with E-state index in [2.05, 4.69) is 44.6 Å². The average molecular weight is 271 g/mol. The SMILES string of the molecule is CC(C)CC(C)Oc1cnc(C(C)C)nc1CCl. The van der Waals surface area contributed by atoms with Gasteiger partial charge in [0.25, 0.3) is 0 Å². The van der Waals surface area contributed by atoms with Gasteiger partial charge in [-0.15, -0.1) is 11.6 Å². The van der Waals surface area contributed by atoms with E-state index in [-0.39, 0.29) is 6.10 Å². The number of hydrogen-bond acceptors (Lipinski definition) is 3. The molecular weight excluding hydrogens is 248 g/mol. The first kappa shape index (κ1) is 15.2. The van der Waals surface area contributed by atoms with E-state index in [0.29, 0.717) is 23.5 Å². The van der Waals surface area contributed by atoms with Crippen molar-refractivity contribution in [1.82, 2.24) is 9.97 Å². The van der Waals surface area contributed by atoms with Crippen molar-refractivity contribution in [1.29, 1.82) is 0 Å². The molecule has 0 spiro atoms. The zero-order valence-electron chi connectivity index (χ0n) is 11.9. The average Bonchev–Trinajstić information content (AvgIpc) is 2.27.